The fourth-order valence-electron chi connectivity index (χ4n) is 1.68. The Hall–Kier alpha value is -2.01. The lowest BCUT2D eigenvalue weighted by atomic mass is 10.0. The first-order valence-corrected chi connectivity index (χ1v) is 6.42. The van der Waals surface area contributed by atoms with E-state index >= 15 is 0 Å². The lowest BCUT2D eigenvalue weighted by Crippen LogP contribution is -1.94. The van der Waals surface area contributed by atoms with Crippen LogP contribution >= 0.6 is 12.0 Å². The van der Waals surface area contributed by atoms with Gasteiger partial charge in [-0.1, -0.05) is 42.5 Å². The van der Waals surface area contributed by atoms with Crippen LogP contribution in [-0.2, 0) is 0 Å². The van der Waals surface area contributed by atoms with Gasteiger partial charge in [0.05, 0.1) is 17.0 Å². The second kappa shape index (κ2) is 5.55. The first kappa shape index (κ1) is 12.4. The van der Waals surface area contributed by atoms with Gasteiger partial charge < -0.3 is 4.18 Å². The summed E-state index contributed by atoms with van der Waals surface area (Å²) in [6.07, 6.45) is 1.73. The van der Waals surface area contributed by atoms with E-state index in [2.05, 4.69) is 0 Å². The Kier molecular flexibility index (Phi) is 3.84. The minimum atomic E-state index is -0.433. The van der Waals surface area contributed by atoms with Crippen LogP contribution in [0, 0.1) is 10.1 Å². The van der Waals surface area contributed by atoms with Crippen LogP contribution in [0.15, 0.2) is 48.5 Å². The summed E-state index contributed by atoms with van der Waals surface area (Å²) >= 11 is 1.09. The zero-order valence-electron chi connectivity index (χ0n) is 9.70. The molecule has 2 aromatic rings. The van der Waals surface area contributed by atoms with Crippen molar-refractivity contribution >= 4 is 17.7 Å². The molecule has 5 heteroatoms. The van der Waals surface area contributed by atoms with Crippen molar-refractivity contribution in [2.24, 2.45) is 0 Å². The van der Waals surface area contributed by atoms with Crippen molar-refractivity contribution in [3.8, 4) is 16.9 Å². The van der Waals surface area contributed by atoms with Gasteiger partial charge in [-0.3, -0.25) is 10.1 Å². The second-order valence-corrected chi connectivity index (χ2v) is 4.03. The summed E-state index contributed by atoms with van der Waals surface area (Å²) in [6, 6.07) is 14.4. The predicted octanol–water partition coefficient (Wildman–Crippen LogP) is 3.92. The third-order valence-corrected chi connectivity index (χ3v) is 2.78. The van der Waals surface area contributed by atoms with Crippen molar-refractivity contribution in [1.82, 2.24) is 0 Å². The molecule has 0 aliphatic heterocycles. The molecule has 0 saturated heterocycles. The molecule has 0 spiro atoms. The molecule has 0 fully saturated rings. The molecule has 18 heavy (non-hydrogen) atoms. The fourth-order valence-corrected chi connectivity index (χ4v) is 2.03. The van der Waals surface area contributed by atoms with Crippen molar-refractivity contribution in [2.75, 3.05) is 6.26 Å². The van der Waals surface area contributed by atoms with Crippen LogP contribution in [0.4, 0.5) is 5.69 Å². The average molecular weight is 261 g/mol. The summed E-state index contributed by atoms with van der Waals surface area (Å²) in [5, 5.41) is 11.0. The third-order valence-electron chi connectivity index (χ3n) is 2.44. The second-order valence-electron chi connectivity index (χ2n) is 3.53. The van der Waals surface area contributed by atoms with Gasteiger partial charge in [0.2, 0.25) is 5.75 Å². The van der Waals surface area contributed by atoms with Gasteiger partial charge in [0, 0.05) is 17.9 Å². The monoisotopic (exact) mass is 261 g/mol. The van der Waals surface area contributed by atoms with E-state index in [9.17, 15) is 10.1 Å². The molecule has 0 aliphatic rings. The maximum atomic E-state index is 11.0. The molecule has 0 heterocycles. The highest BCUT2D eigenvalue weighted by atomic mass is 32.2. The number of nitro groups is 1. The van der Waals surface area contributed by atoms with E-state index in [1.807, 2.05) is 36.4 Å². The number of hydrogen-bond donors (Lipinski definition) is 0. The Morgan fingerprint density at radius 3 is 2.44 bits per heavy atom. The summed E-state index contributed by atoms with van der Waals surface area (Å²) in [5.74, 6) is 0.293. The highest BCUT2D eigenvalue weighted by Gasteiger charge is 2.20. The SMILES string of the molecule is CSOc1c(-c2ccccc2)cccc1[N+](=O)[O-]. The Balaban J connectivity index is 2.60. The fraction of sp³-hybridized carbons (Fsp3) is 0.0769. The van der Waals surface area contributed by atoms with Crippen LogP contribution in [0.2, 0.25) is 0 Å². The highest BCUT2D eigenvalue weighted by Crippen LogP contribution is 2.39. The van der Waals surface area contributed by atoms with Gasteiger partial charge in [-0.25, -0.2) is 0 Å². The molecule has 2 rings (SSSR count). The minimum Gasteiger partial charge on any atom is -0.418 e. The number of benzene rings is 2. The smallest absolute Gasteiger partial charge is 0.313 e. The van der Waals surface area contributed by atoms with Crippen LogP contribution in [0.1, 0.15) is 0 Å². The number of hydrogen-bond acceptors (Lipinski definition) is 4. The molecule has 0 radical (unpaired) electrons. The molecule has 0 unspecified atom stereocenters. The largest absolute Gasteiger partial charge is 0.418 e. The van der Waals surface area contributed by atoms with Crippen molar-refractivity contribution in [3.63, 3.8) is 0 Å². The molecule has 0 amide bonds. The van der Waals surface area contributed by atoms with Crippen LogP contribution in [0.5, 0.6) is 5.75 Å². The van der Waals surface area contributed by atoms with E-state index in [0.717, 1.165) is 23.2 Å². The topological polar surface area (TPSA) is 52.4 Å². The molecule has 0 N–H and O–H groups in total. The van der Waals surface area contributed by atoms with Gasteiger partial charge in [-0.05, 0) is 5.56 Å². The maximum absolute atomic E-state index is 11.0. The van der Waals surface area contributed by atoms with Crippen LogP contribution in [-0.4, -0.2) is 11.2 Å². The Morgan fingerprint density at radius 1 is 1.11 bits per heavy atom. The highest BCUT2D eigenvalue weighted by molar-refractivity contribution is 7.94. The number of rotatable bonds is 4. The average Bonchev–Trinajstić information content (AvgIpc) is 2.40. The molecular weight excluding hydrogens is 250 g/mol. The maximum Gasteiger partial charge on any atom is 0.313 e. The quantitative estimate of drug-likeness (QED) is 0.475. The van der Waals surface area contributed by atoms with Crippen LogP contribution < -0.4 is 4.18 Å². The summed E-state index contributed by atoms with van der Waals surface area (Å²) < 4.78 is 5.36. The molecule has 0 bridgehead atoms. The molecule has 0 saturated carbocycles. The van der Waals surface area contributed by atoms with E-state index in [1.54, 1.807) is 12.3 Å². The molecule has 0 aliphatic carbocycles. The Bertz CT molecular complexity index is 557. The van der Waals surface area contributed by atoms with Crippen LogP contribution in [0.25, 0.3) is 11.1 Å². The summed E-state index contributed by atoms with van der Waals surface area (Å²) in [7, 11) is 0. The minimum absolute atomic E-state index is 0.0225. The summed E-state index contributed by atoms with van der Waals surface area (Å²) in [4.78, 5) is 10.6. The third kappa shape index (κ3) is 2.46. The number of nitro benzene ring substituents is 1. The van der Waals surface area contributed by atoms with Crippen molar-refractivity contribution in [3.05, 3.63) is 58.6 Å². The first-order valence-electron chi connectivity index (χ1n) is 5.27. The van der Waals surface area contributed by atoms with E-state index in [-0.39, 0.29) is 5.69 Å². The van der Waals surface area contributed by atoms with Crippen LogP contribution in [0.3, 0.4) is 0 Å². The predicted molar refractivity (Wildman–Crippen MR) is 72.7 cm³/mol. The molecule has 92 valence electrons. The molecule has 4 nitrogen and oxygen atoms in total. The first-order chi connectivity index (χ1) is 8.74. The van der Waals surface area contributed by atoms with Gasteiger partial charge in [0.15, 0.2) is 0 Å². The molecule has 0 aromatic heterocycles. The van der Waals surface area contributed by atoms with Gasteiger partial charge in [-0.2, -0.15) is 0 Å². The summed E-state index contributed by atoms with van der Waals surface area (Å²) in [5.41, 5.74) is 1.59. The molecular formula is C13H11NO3S. The standard InChI is InChI=1S/C13H11NO3S/c1-18-17-13-11(10-6-3-2-4-7-10)8-5-9-12(13)14(15)16/h2-9H,1H3. The van der Waals surface area contributed by atoms with E-state index in [4.69, 9.17) is 4.18 Å². The van der Waals surface area contributed by atoms with E-state index in [0.29, 0.717) is 5.75 Å². The lowest BCUT2D eigenvalue weighted by molar-refractivity contribution is -0.385. The zero-order valence-corrected chi connectivity index (χ0v) is 10.5. The van der Waals surface area contributed by atoms with Gasteiger partial charge in [-0.15, -0.1) is 0 Å². The van der Waals surface area contributed by atoms with Gasteiger partial charge >= 0.3 is 5.69 Å². The van der Waals surface area contributed by atoms with E-state index in [1.165, 1.54) is 6.07 Å². The van der Waals surface area contributed by atoms with Gasteiger partial charge in [0.25, 0.3) is 0 Å². The Morgan fingerprint density at radius 2 is 1.83 bits per heavy atom. The Labute approximate surface area is 109 Å². The molecule has 0 atom stereocenters. The summed E-state index contributed by atoms with van der Waals surface area (Å²) in [6.45, 7) is 0. The number of para-hydroxylation sites is 1. The zero-order chi connectivity index (χ0) is 13.0. The lowest BCUT2D eigenvalue weighted by Gasteiger charge is -2.09. The normalized spacial score (nSPS) is 10.1. The van der Waals surface area contributed by atoms with E-state index < -0.39 is 4.92 Å². The van der Waals surface area contributed by atoms with Crippen molar-refractivity contribution in [2.45, 2.75) is 0 Å². The molecule has 2 aromatic carbocycles. The van der Waals surface area contributed by atoms with Crippen molar-refractivity contribution in [1.29, 1.82) is 0 Å². The van der Waals surface area contributed by atoms with Crippen molar-refractivity contribution < 1.29 is 9.11 Å². The van der Waals surface area contributed by atoms with Gasteiger partial charge in [0.1, 0.15) is 0 Å². The number of nitrogens with zero attached hydrogens (tertiary/aromatic N) is 1.